The molecule has 8 bridgehead atoms. The molecule has 0 spiro atoms. The molecule has 0 N–H and O–H groups in total. The van der Waals surface area contributed by atoms with E-state index < -0.39 is 0 Å². The summed E-state index contributed by atoms with van der Waals surface area (Å²) in [6.45, 7) is 17.8. The van der Waals surface area contributed by atoms with Crippen LogP contribution in [0.5, 0.6) is 0 Å². The molecule has 0 radical (unpaired) electrons. The normalized spacial score (nSPS) is 13.3. The molecule has 5 heterocycles. The van der Waals surface area contributed by atoms with Crippen LogP contribution in [0.1, 0.15) is 119 Å². The molecule has 3 aromatic heterocycles. The van der Waals surface area contributed by atoms with Gasteiger partial charge in [0.25, 0.3) is 0 Å². The zero-order valence-corrected chi connectivity index (χ0v) is 27.6. The predicted octanol–water partition coefficient (Wildman–Crippen LogP) is 9.03. The smallest absolute Gasteiger partial charge is 0.657 e. The van der Waals surface area contributed by atoms with Crippen molar-refractivity contribution in [1.29, 1.82) is 0 Å². The topological polar surface area (TPSA) is 54.0 Å². The minimum absolute atomic E-state index is 0. The number of rotatable bonds is 7. The van der Waals surface area contributed by atoms with Gasteiger partial charge in [-0.3, -0.25) is 0 Å². The maximum absolute atomic E-state index is 5.24. The molecule has 5 rings (SSSR count). The molecular formula is C35H42N4Pt. The van der Waals surface area contributed by atoms with Crippen LogP contribution in [-0.4, -0.2) is 9.97 Å². The average molecular weight is 714 g/mol. The van der Waals surface area contributed by atoms with Crippen molar-refractivity contribution in [2.75, 3.05) is 0 Å². The molecule has 5 heteroatoms. The van der Waals surface area contributed by atoms with E-state index in [1.54, 1.807) is 0 Å². The zero-order chi connectivity index (χ0) is 27.8. The maximum Gasteiger partial charge on any atom is 2.00 e. The molecule has 40 heavy (non-hydrogen) atoms. The van der Waals surface area contributed by atoms with Gasteiger partial charge in [-0.05, 0) is 80.2 Å². The van der Waals surface area contributed by atoms with E-state index in [1.165, 1.54) is 44.5 Å². The number of hydrogen-bond acceptors (Lipinski definition) is 2. The number of hydrogen-bond donors (Lipinski definition) is 0. The predicted molar refractivity (Wildman–Crippen MR) is 167 cm³/mol. The Morgan fingerprint density at radius 3 is 1.20 bits per heavy atom. The van der Waals surface area contributed by atoms with Crippen LogP contribution in [0.25, 0.3) is 44.4 Å². The fourth-order valence-corrected chi connectivity index (χ4v) is 6.66. The Morgan fingerprint density at radius 1 is 0.450 bits per heavy atom. The first-order valence-corrected chi connectivity index (χ1v) is 15.0. The van der Waals surface area contributed by atoms with Gasteiger partial charge in [0.1, 0.15) is 0 Å². The number of allylic oxidation sites excluding steroid dienone is 4. The van der Waals surface area contributed by atoms with Gasteiger partial charge in [0.05, 0.1) is 22.8 Å². The van der Waals surface area contributed by atoms with Gasteiger partial charge in [0, 0.05) is 0 Å². The summed E-state index contributed by atoms with van der Waals surface area (Å²) < 4.78 is 0. The molecule has 0 atom stereocenters. The fourth-order valence-electron chi connectivity index (χ4n) is 6.66. The van der Waals surface area contributed by atoms with E-state index in [2.05, 4.69) is 79.7 Å². The van der Waals surface area contributed by atoms with Crippen molar-refractivity contribution < 1.29 is 21.1 Å². The van der Waals surface area contributed by atoms with Gasteiger partial charge >= 0.3 is 21.1 Å². The van der Waals surface area contributed by atoms with Gasteiger partial charge in [0.15, 0.2) is 0 Å². The fraction of sp³-hybridized carbons (Fsp3) is 0.429. The number of nitrogens with zero attached hydrogens (tertiary/aromatic N) is 4. The van der Waals surface area contributed by atoms with Crippen molar-refractivity contribution in [3.05, 3.63) is 69.3 Å². The third-order valence-corrected chi connectivity index (χ3v) is 8.63. The quantitative estimate of drug-likeness (QED) is 0.245. The second-order valence-electron chi connectivity index (χ2n) is 10.6. The average Bonchev–Trinajstić information content (AvgIpc) is 3.64. The summed E-state index contributed by atoms with van der Waals surface area (Å²) in [7, 11) is 0. The number of aromatic nitrogens is 4. The molecule has 0 fully saturated rings. The number of fused-ring (bicyclic) bond motifs is 8. The second-order valence-corrected chi connectivity index (χ2v) is 10.6. The maximum atomic E-state index is 5.24. The molecule has 0 unspecified atom stereocenters. The first-order chi connectivity index (χ1) is 18.9. The number of aryl methyl sites for hydroxylation is 4. The molecule has 0 saturated carbocycles. The van der Waals surface area contributed by atoms with Crippen LogP contribution >= 0.6 is 0 Å². The Labute approximate surface area is 254 Å². The van der Waals surface area contributed by atoms with E-state index in [9.17, 15) is 0 Å². The van der Waals surface area contributed by atoms with Gasteiger partial charge < -0.3 is 9.97 Å². The standard InChI is InChI=1S/C35H42N4.Pt/c1-9-21-20(8)28-16-30-22(10-2)23(11-3)32(37-30)18-34-26(14-6)27(15-7)35(39-34)19-33-25(13-5)24(12-4)31(38-33)17-29(21)36-28;/h16-19H,9-15H2,1-8H3;/q-2;+2. The van der Waals surface area contributed by atoms with Crippen LogP contribution in [0.4, 0.5) is 0 Å². The molecule has 4 nitrogen and oxygen atoms in total. The van der Waals surface area contributed by atoms with E-state index in [0.29, 0.717) is 0 Å². The van der Waals surface area contributed by atoms with Crippen LogP contribution in [0.2, 0.25) is 0 Å². The van der Waals surface area contributed by atoms with E-state index in [0.717, 1.165) is 89.8 Å². The summed E-state index contributed by atoms with van der Waals surface area (Å²) in [6.07, 6.45) is 6.63. The van der Waals surface area contributed by atoms with E-state index in [4.69, 9.17) is 19.9 Å². The Kier molecular flexibility index (Phi) is 9.40. The third-order valence-electron chi connectivity index (χ3n) is 8.63. The SMILES string of the molecule is CCC1=C(CC)c2cc3[n-]c(cc4[n-]c(cc5nc(cc1n2)C(CC)=C5CC)c(CC)c4CC)c(C)c3CC.[Pt+2]. The molecular weight excluding hydrogens is 671 g/mol. The van der Waals surface area contributed by atoms with Gasteiger partial charge in [-0.1, -0.05) is 88.9 Å². The van der Waals surface area contributed by atoms with Crippen LogP contribution in [0.15, 0.2) is 24.3 Å². The van der Waals surface area contributed by atoms with Crippen molar-refractivity contribution >= 4 is 44.4 Å². The van der Waals surface area contributed by atoms with Crippen molar-refractivity contribution in [3.8, 4) is 0 Å². The van der Waals surface area contributed by atoms with Crippen molar-refractivity contribution in [1.82, 2.24) is 19.9 Å². The summed E-state index contributed by atoms with van der Waals surface area (Å²) in [4.78, 5) is 20.9. The van der Waals surface area contributed by atoms with Crippen molar-refractivity contribution in [2.45, 2.75) is 100 Å². The van der Waals surface area contributed by atoms with Gasteiger partial charge in [-0.2, -0.15) is 0 Å². The Hall–Kier alpha value is -2.71. The van der Waals surface area contributed by atoms with Gasteiger partial charge in [-0.15, -0.1) is 22.1 Å². The molecule has 0 aliphatic carbocycles. The summed E-state index contributed by atoms with van der Waals surface area (Å²) in [5.74, 6) is 0. The van der Waals surface area contributed by atoms with Crippen LogP contribution in [0, 0.1) is 6.92 Å². The summed E-state index contributed by atoms with van der Waals surface area (Å²) in [5, 5.41) is 0. The Morgan fingerprint density at radius 2 is 0.800 bits per heavy atom. The first-order valence-electron chi connectivity index (χ1n) is 15.0. The Bertz CT molecular complexity index is 1660. The van der Waals surface area contributed by atoms with Crippen LogP contribution < -0.4 is 9.97 Å². The summed E-state index contributed by atoms with van der Waals surface area (Å²) in [5.41, 5.74) is 18.9. The minimum atomic E-state index is 0. The largest absolute Gasteiger partial charge is 2.00 e. The molecule has 212 valence electrons. The molecule has 2 aliphatic heterocycles. The Balaban J connectivity index is 0.00000370. The van der Waals surface area contributed by atoms with Crippen LogP contribution in [-0.2, 0) is 40.3 Å². The first kappa shape index (κ1) is 30.3. The van der Waals surface area contributed by atoms with Gasteiger partial charge in [0.2, 0.25) is 0 Å². The minimum Gasteiger partial charge on any atom is -0.657 e. The van der Waals surface area contributed by atoms with E-state index >= 15 is 0 Å². The molecule has 0 aromatic carbocycles. The van der Waals surface area contributed by atoms with Crippen molar-refractivity contribution in [3.63, 3.8) is 0 Å². The molecule has 0 amide bonds. The zero-order valence-electron chi connectivity index (χ0n) is 25.4. The molecule has 0 saturated heterocycles. The monoisotopic (exact) mass is 713 g/mol. The second kappa shape index (κ2) is 12.4. The molecule has 3 aromatic rings. The summed E-state index contributed by atoms with van der Waals surface area (Å²) >= 11 is 0. The van der Waals surface area contributed by atoms with Crippen LogP contribution in [0.3, 0.4) is 0 Å². The molecule has 2 aliphatic rings. The van der Waals surface area contributed by atoms with Crippen molar-refractivity contribution in [2.24, 2.45) is 0 Å². The summed E-state index contributed by atoms with van der Waals surface area (Å²) in [6, 6.07) is 8.91. The third kappa shape index (κ3) is 4.98. The van der Waals surface area contributed by atoms with E-state index in [1.807, 2.05) is 0 Å². The van der Waals surface area contributed by atoms with E-state index in [-0.39, 0.29) is 21.1 Å². The van der Waals surface area contributed by atoms with Gasteiger partial charge in [-0.25, -0.2) is 9.97 Å².